The first-order valence-electron chi connectivity index (χ1n) is 5.67. The molecule has 0 radical (unpaired) electrons. The fourth-order valence-electron chi connectivity index (χ4n) is 2.27. The Kier molecular flexibility index (Phi) is 5.65. The number of rotatable bonds is 2. The molecule has 1 aliphatic carbocycles. The number of aromatic nitrogens is 1. The molecule has 4 heteroatoms. The average Bonchev–Trinajstić information content (AvgIpc) is 2.69. The summed E-state index contributed by atoms with van der Waals surface area (Å²) in [7, 11) is 0. The van der Waals surface area contributed by atoms with Crippen molar-refractivity contribution in [3.63, 3.8) is 0 Å². The van der Waals surface area contributed by atoms with Gasteiger partial charge in [-0.2, -0.15) is 0 Å². The zero-order valence-electron chi connectivity index (χ0n) is 10.2. The van der Waals surface area contributed by atoms with E-state index in [0.29, 0.717) is 0 Å². The molecule has 1 nitrogen and oxygen atoms in total. The molecule has 0 saturated carbocycles. The molecule has 0 spiro atoms. The van der Waals surface area contributed by atoms with Crippen LogP contribution in [0.4, 0.5) is 0 Å². The van der Waals surface area contributed by atoms with Crippen molar-refractivity contribution in [3.05, 3.63) is 71.6 Å². The van der Waals surface area contributed by atoms with Crippen LogP contribution >= 0.6 is 24.8 Å². The van der Waals surface area contributed by atoms with Gasteiger partial charge in [0.1, 0.15) is 0 Å². The molecule has 1 aromatic carbocycles. The van der Waals surface area contributed by atoms with Crippen molar-refractivity contribution in [1.29, 1.82) is 0 Å². The number of fused-ring (bicyclic) bond motifs is 1. The van der Waals surface area contributed by atoms with Crippen molar-refractivity contribution >= 4 is 30.9 Å². The number of pyridine rings is 1. The van der Waals surface area contributed by atoms with Crippen LogP contribution < -0.4 is 0 Å². The van der Waals surface area contributed by atoms with Gasteiger partial charge in [0.05, 0.1) is 0 Å². The number of nitrogens with zero attached hydrogens (tertiary/aromatic N) is 1. The van der Waals surface area contributed by atoms with E-state index in [-0.39, 0.29) is 29.1 Å². The molecule has 99 valence electrons. The molecule has 1 atom stereocenters. The van der Waals surface area contributed by atoms with Crippen LogP contribution in [-0.4, -0.2) is 4.98 Å². The first kappa shape index (κ1) is 16.3. The Labute approximate surface area is 134 Å². The molecule has 1 heterocycles. The molecule has 3 rings (SSSR count). The van der Waals surface area contributed by atoms with E-state index in [1.54, 1.807) is 0 Å². The van der Waals surface area contributed by atoms with Crippen molar-refractivity contribution in [3.8, 4) is 0 Å². The van der Waals surface area contributed by atoms with Crippen LogP contribution in [0.25, 0.3) is 6.08 Å². The summed E-state index contributed by atoms with van der Waals surface area (Å²) in [5, 5.41) is 0. The second-order valence-electron chi connectivity index (χ2n) is 4.31. The molecule has 1 unspecified atom stereocenters. The van der Waals surface area contributed by atoms with Crippen LogP contribution in [0.3, 0.4) is 0 Å². The molecular weight excluding hydrogens is 317 g/mol. The summed E-state index contributed by atoms with van der Waals surface area (Å²) in [5.74, 6) is 0. The Hall–Kier alpha value is -0.778. The molecule has 0 fully saturated rings. The third-order valence-corrected chi connectivity index (χ3v) is 3.90. The van der Waals surface area contributed by atoms with E-state index in [1.165, 1.54) is 11.1 Å². The summed E-state index contributed by atoms with van der Waals surface area (Å²) < 4.78 is -0.0368. The van der Waals surface area contributed by atoms with Gasteiger partial charge in [0.15, 0.2) is 0 Å². The van der Waals surface area contributed by atoms with Gasteiger partial charge in [0.25, 0.3) is 0 Å². The van der Waals surface area contributed by atoms with Crippen molar-refractivity contribution < 1.29 is 16.3 Å². The minimum atomic E-state index is -0.0368. The normalized spacial score (nSPS) is 19.2. The van der Waals surface area contributed by atoms with Crippen LogP contribution in [0, 0.1) is 0 Å². The van der Waals surface area contributed by atoms with Crippen molar-refractivity contribution in [2.24, 2.45) is 0 Å². The molecule has 1 aromatic heterocycles. The van der Waals surface area contributed by atoms with Crippen molar-refractivity contribution in [2.75, 3.05) is 0 Å². The summed E-state index contributed by atoms with van der Waals surface area (Å²) in [6.45, 7) is 0. The van der Waals surface area contributed by atoms with E-state index in [2.05, 4.69) is 63.8 Å². The molecule has 0 aliphatic heterocycles. The molecular formula is C15H14Cl2CrN. The number of hydrogen-bond donors (Lipinski definition) is 0. The van der Waals surface area contributed by atoms with E-state index in [1.807, 2.05) is 18.3 Å². The molecule has 1 aliphatic rings. The second kappa shape index (κ2) is 6.59. The van der Waals surface area contributed by atoms with Gasteiger partial charge >= 0.3 is 110 Å². The third-order valence-electron chi connectivity index (χ3n) is 3.12. The zero-order valence-corrected chi connectivity index (χ0v) is 13.1. The molecule has 0 amide bonds. The standard InChI is InChI=1S/C15H12N.2ClH.Cr/c1-2-7-15-12(5-1)8-9-13(15)11-14-6-3-4-10-16-14;;;/h1-10H,11H2;2*1H;. The van der Waals surface area contributed by atoms with Crippen LogP contribution in [0.2, 0.25) is 0 Å². The fraction of sp³-hybridized carbons (Fsp3) is 0.133. The summed E-state index contributed by atoms with van der Waals surface area (Å²) in [4.78, 5) is 4.41. The maximum atomic E-state index is 4.41. The Morgan fingerprint density at radius 3 is 2.47 bits per heavy atom. The van der Waals surface area contributed by atoms with Gasteiger partial charge in [0.2, 0.25) is 0 Å². The Morgan fingerprint density at radius 1 is 1.00 bits per heavy atom. The quantitative estimate of drug-likeness (QED) is 0.812. The van der Waals surface area contributed by atoms with E-state index in [0.717, 1.165) is 12.1 Å². The fourth-order valence-corrected chi connectivity index (χ4v) is 2.90. The number of allylic oxidation sites excluding steroid dienone is 1. The van der Waals surface area contributed by atoms with Gasteiger partial charge in [-0.05, 0) is 0 Å². The van der Waals surface area contributed by atoms with Gasteiger partial charge < -0.3 is 0 Å². The number of halogens is 2. The van der Waals surface area contributed by atoms with Crippen LogP contribution in [0.5, 0.6) is 0 Å². The number of benzene rings is 1. The van der Waals surface area contributed by atoms with E-state index in [4.69, 9.17) is 0 Å². The third kappa shape index (κ3) is 3.22. The van der Waals surface area contributed by atoms with E-state index >= 15 is 0 Å². The van der Waals surface area contributed by atoms with Crippen LogP contribution in [-0.2, 0) is 27.0 Å². The predicted molar refractivity (Wildman–Crippen MR) is 79.6 cm³/mol. The molecule has 19 heavy (non-hydrogen) atoms. The molecule has 0 bridgehead atoms. The Bertz CT molecular complexity index is 571. The SMILES string of the molecule is Cl.Cl.[Cr][C]1(Cc2ccccn2)C=Cc2ccccc21. The Balaban J connectivity index is 0.000000902. The maximum absolute atomic E-state index is 4.41. The summed E-state index contributed by atoms with van der Waals surface area (Å²) in [6, 6.07) is 14.6. The first-order chi connectivity index (χ1) is 8.28. The van der Waals surface area contributed by atoms with Crippen LogP contribution in [0.1, 0.15) is 16.8 Å². The predicted octanol–water partition coefficient (Wildman–Crippen LogP) is 3.94. The van der Waals surface area contributed by atoms with E-state index in [9.17, 15) is 0 Å². The zero-order chi connectivity index (χ0) is 11.7. The topological polar surface area (TPSA) is 12.9 Å². The monoisotopic (exact) mass is 330 g/mol. The van der Waals surface area contributed by atoms with Gasteiger partial charge in [0, 0.05) is 0 Å². The van der Waals surface area contributed by atoms with Gasteiger partial charge in [-0.15, -0.1) is 24.8 Å². The summed E-state index contributed by atoms with van der Waals surface area (Å²) in [6.07, 6.45) is 7.19. The molecule has 2 aromatic rings. The molecule has 0 saturated heterocycles. The van der Waals surface area contributed by atoms with Gasteiger partial charge in [-0.1, -0.05) is 0 Å². The first-order valence-corrected chi connectivity index (χ1v) is 6.31. The summed E-state index contributed by atoms with van der Waals surface area (Å²) in [5.41, 5.74) is 3.78. The van der Waals surface area contributed by atoms with Crippen molar-refractivity contribution in [2.45, 2.75) is 10.7 Å². The van der Waals surface area contributed by atoms with Crippen LogP contribution in [0.15, 0.2) is 54.7 Å². The Morgan fingerprint density at radius 2 is 1.74 bits per heavy atom. The summed E-state index contributed by atoms with van der Waals surface area (Å²) >= 11 is 3.33. The molecule has 0 N–H and O–H groups in total. The van der Waals surface area contributed by atoms with Gasteiger partial charge in [-0.3, -0.25) is 0 Å². The van der Waals surface area contributed by atoms with Gasteiger partial charge in [-0.25, -0.2) is 0 Å². The van der Waals surface area contributed by atoms with E-state index < -0.39 is 0 Å². The number of hydrogen-bond acceptors (Lipinski definition) is 1. The second-order valence-corrected chi connectivity index (χ2v) is 5.45. The average molecular weight is 331 g/mol. The van der Waals surface area contributed by atoms with Crippen molar-refractivity contribution in [1.82, 2.24) is 4.98 Å². The minimum absolute atomic E-state index is 0.